The molecule has 2 aromatic rings. The summed E-state index contributed by atoms with van der Waals surface area (Å²) in [5, 5.41) is 2.80. The Kier molecular flexibility index (Phi) is 3.41. The Balaban J connectivity index is 2.10. The van der Waals surface area contributed by atoms with Crippen LogP contribution in [-0.2, 0) is 0 Å². The lowest BCUT2D eigenvalue weighted by Gasteiger charge is -2.04. The van der Waals surface area contributed by atoms with E-state index >= 15 is 0 Å². The fraction of sp³-hybridized carbons (Fsp3) is 0.273. The van der Waals surface area contributed by atoms with Gasteiger partial charge in [0.05, 0.1) is 18.0 Å². The van der Waals surface area contributed by atoms with Gasteiger partial charge in [-0.2, -0.15) is 0 Å². The van der Waals surface area contributed by atoms with E-state index in [2.05, 4.69) is 10.3 Å². The normalized spacial score (nSPS) is 10.6. The molecule has 0 unspecified atom stereocenters. The summed E-state index contributed by atoms with van der Waals surface area (Å²) in [6.07, 6.45) is 6.01. The van der Waals surface area contributed by atoms with Gasteiger partial charge in [-0.15, -0.1) is 11.6 Å². The Morgan fingerprint density at radius 1 is 1.56 bits per heavy atom. The molecule has 1 N–H and O–H groups in total. The van der Waals surface area contributed by atoms with Gasteiger partial charge in [-0.3, -0.25) is 4.79 Å². The van der Waals surface area contributed by atoms with Crippen molar-refractivity contribution < 1.29 is 4.79 Å². The second-order valence-corrected chi connectivity index (χ2v) is 3.82. The van der Waals surface area contributed by atoms with Gasteiger partial charge in [0, 0.05) is 24.2 Å². The number of aromatic nitrogens is 2. The summed E-state index contributed by atoms with van der Waals surface area (Å²) in [4.78, 5) is 15.7. The Morgan fingerprint density at radius 3 is 3.25 bits per heavy atom. The third kappa shape index (κ3) is 2.33. The van der Waals surface area contributed by atoms with E-state index in [0.717, 1.165) is 11.9 Å². The molecule has 0 spiro atoms. The number of alkyl halides is 1. The standard InChI is InChI=1S/C11H12ClN3O/c12-3-1-4-14-11(16)9-2-5-15-8-13-7-10(15)6-9/h2,5-8H,1,3-4H2,(H,14,16). The third-order valence-corrected chi connectivity index (χ3v) is 2.54. The summed E-state index contributed by atoms with van der Waals surface area (Å²) >= 11 is 5.53. The molecule has 84 valence electrons. The quantitative estimate of drug-likeness (QED) is 0.650. The van der Waals surface area contributed by atoms with Crippen LogP contribution in [-0.4, -0.2) is 27.7 Å². The molecule has 0 saturated heterocycles. The third-order valence-electron chi connectivity index (χ3n) is 2.27. The first kappa shape index (κ1) is 11.0. The molecule has 0 radical (unpaired) electrons. The highest BCUT2D eigenvalue weighted by molar-refractivity contribution is 6.17. The molecule has 4 nitrogen and oxygen atoms in total. The molecule has 2 rings (SSSR count). The fourth-order valence-electron chi connectivity index (χ4n) is 1.43. The summed E-state index contributed by atoms with van der Waals surface area (Å²) in [7, 11) is 0. The van der Waals surface area contributed by atoms with Gasteiger partial charge in [0.1, 0.15) is 0 Å². The zero-order valence-electron chi connectivity index (χ0n) is 8.69. The van der Waals surface area contributed by atoms with E-state index in [4.69, 9.17) is 11.6 Å². The van der Waals surface area contributed by atoms with Crippen molar-refractivity contribution in [3.8, 4) is 0 Å². The molecule has 0 saturated carbocycles. The summed E-state index contributed by atoms with van der Waals surface area (Å²) in [6.45, 7) is 0.604. The maximum Gasteiger partial charge on any atom is 0.251 e. The Morgan fingerprint density at radius 2 is 2.44 bits per heavy atom. The number of imidazole rings is 1. The number of nitrogens with one attached hydrogen (secondary N) is 1. The van der Waals surface area contributed by atoms with Crippen molar-refractivity contribution in [1.29, 1.82) is 0 Å². The van der Waals surface area contributed by atoms with E-state index in [-0.39, 0.29) is 5.91 Å². The largest absolute Gasteiger partial charge is 0.352 e. The molecule has 1 amide bonds. The average Bonchev–Trinajstić information content (AvgIpc) is 2.76. The van der Waals surface area contributed by atoms with Gasteiger partial charge in [0.15, 0.2) is 0 Å². The van der Waals surface area contributed by atoms with Crippen LogP contribution in [0.3, 0.4) is 0 Å². The SMILES string of the molecule is O=C(NCCCCl)c1ccn2cncc2c1. The van der Waals surface area contributed by atoms with Crippen LogP contribution in [0, 0.1) is 0 Å². The van der Waals surface area contributed by atoms with Crippen LogP contribution in [0.1, 0.15) is 16.8 Å². The van der Waals surface area contributed by atoms with Gasteiger partial charge in [-0.05, 0) is 18.6 Å². The van der Waals surface area contributed by atoms with Crippen molar-refractivity contribution in [1.82, 2.24) is 14.7 Å². The maximum absolute atomic E-state index is 11.7. The minimum atomic E-state index is -0.0752. The number of carbonyl (C=O) groups excluding carboxylic acids is 1. The van der Waals surface area contributed by atoms with Gasteiger partial charge in [-0.1, -0.05) is 0 Å². The highest BCUT2D eigenvalue weighted by atomic mass is 35.5. The van der Waals surface area contributed by atoms with E-state index in [1.807, 2.05) is 16.7 Å². The van der Waals surface area contributed by atoms with Crippen LogP contribution in [0.4, 0.5) is 0 Å². The monoisotopic (exact) mass is 237 g/mol. The number of carbonyl (C=O) groups is 1. The molecule has 16 heavy (non-hydrogen) atoms. The number of halogens is 1. The molecule has 0 aliphatic heterocycles. The van der Waals surface area contributed by atoms with Crippen LogP contribution < -0.4 is 5.32 Å². The molecule has 0 aliphatic rings. The van der Waals surface area contributed by atoms with Gasteiger partial charge in [0.2, 0.25) is 0 Å². The first-order valence-corrected chi connectivity index (χ1v) is 5.60. The number of nitrogens with zero attached hydrogens (tertiary/aromatic N) is 2. The van der Waals surface area contributed by atoms with E-state index in [0.29, 0.717) is 18.0 Å². The zero-order valence-corrected chi connectivity index (χ0v) is 9.44. The van der Waals surface area contributed by atoms with Gasteiger partial charge in [0.25, 0.3) is 5.91 Å². The topological polar surface area (TPSA) is 46.4 Å². The number of pyridine rings is 1. The zero-order chi connectivity index (χ0) is 11.4. The van der Waals surface area contributed by atoms with Crippen molar-refractivity contribution >= 4 is 23.0 Å². The Bertz CT molecular complexity index is 495. The van der Waals surface area contributed by atoms with Crippen LogP contribution >= 0.6 is 11.6 Å². The molecule has 0 bridgehead atoms. The van der Waals surface area contributed by atoms with Gasteiger partial charge >= 0.3 is 0 Å². The minimum Gasteiger partial charge on any atom is -0.352 e. The molecule has 2 aromatic heterocycles. The number of rotatable bonds is 4. The van der Waals surface area contributed by atoms with Crippen LogP contribution in [0.5, 0.6) is 0 Å². The summed E-state index contributed by atoms with van der Waals surface area (Å²) < 4.78 is 1.86. The lowest BCUT2D eigenvalue weighted by molar-refractivity contribution is 0.0954. The number of fused-ring (bicyclic) bond motifs is 1. The predicted molar refractivity (Wildman–Crippen MR) is 62.9 cm³/mol. The van der Waals surface area contributed by atoms with Crippen LogP contribution in [0.15, 0.2) is 30.9 Å². The molecule has 2 heterocycles. The van der Waals surface area contributed by atoms with Gasteiger partial charge < -0.3 is 9.72 Å². The molecule has 0 fully saturated rings. The van der Waals surface area contributed by atoms with Gasteiger partial charge in [-0.25, -0.2) is 4.98 Å². The minimum absolute atomic E-state index is 0.0752. The first-order chi connectivity index (χ1) is 7.81. The maximum atomic E-state index is 11.7. The lowest BCUT2D eigenvalue weighted by atomic mass is 10.2. The molecular formula is C11H12ClN3O. The van der Waals surface area contributed by atoms with Crippen molar-refractivity contribution in [2.75, 3.05) is 12.4 Å². The van der Waals surface area contributed by atoms with E-state index < -0.39 is 0 Å². The summed E-state index contributed by atoms with van der Waals surface area (Å²) in [6, 6.07) is 3.58. The first-order valence-electron chi connectivity index (χ1n) is 5.07. The van der Waals surface area contributed by atoms with E-state index in [9.17, 15) is 4.79 Å². The van der Waals surface area contributed by atoms with Crippen LogP contribution in [0.25, 0.3) is 5.52 Å². The summed E-state index contributed by atoms with van der Waals surface area (Å²) in [5.41, 5.74) is 1.55. The Labute approximate surface area is 98.2 Å². The van der Waals surface area contributed by atoms with Crippen molar-refractivity contribution in [2.24, 2.45) is 0 Å². The van der Waals surface area contributed by atoms with E-state index in [1.165, 1.54) is 0 Å². The highest BCUT2D eigenvalue weighted by Crippen LogP contribution is 2.06. The van der Waals surface area contributed by atoms with Crippen molar-refractivity contribution in [3.63, 3.8) is 0 Å². The molecule has 0 aromatic carbocycles. The van der Waals surface area contributed by atoms with Crippen molar-refractivity contribution in [3.05, 3.63) is 36.4 Å². The average molecular weight is 238 g/mol. The van der Waals surface area contributed by atoms with E-state index in [1.54, 1.807) is 18.6 Å². The number of hydrogen-bond donors (Lipinski definition) is 1. The molecule has 5 heteroatoms. The number of amides is 1. The smallest absolute Gasteiger partial charge is 0.251 e. The number of hydrogen-bond acceptors (Lipinski definition) is 2. The highest BCUT2D eigenvalue weighted by Gasteiger charge is 2.05. The second kappa shape index (κ2) is 4.99. The lowest BCUT2D eigenvalue weighted by Crippen LogP contribution is -2.24. The summed E-state index contributed by atoms with van der Waals surface area (Å²) in [5.74, 6) is 0.482. The molecule has 0 atom stereocenters. The van der Waals surface area contributed by atoms with Crippen LogP contribution in [0.2, 0.25) is 0 Å². The predicted octanol–water partition coefficient (Wildman–Crippen LogP) is 1.69. The molecular weight excluding hydrogens is 226 g/mol. The second-order valence-electron chi connectivity index (χ2n) is 3.44. The molecule has 0 aliphatic carbocycles. The van der Waals surface area contributed by atoms with Crippen molar-refractivity contribution in [2.45, 2.75) is 6.42 Å². The fourth-order valence-corrected chi connectivity index (χ4v) is 1.56. The Hall–Kier alpha value is -1.55.